The van der Waals surface area contributed by atoms with E-state index < -0.39 is 0 Å². The van der Waals surface area contributed by atoms with E-state index in [2.05, 4.69) is 12.2 Å². The van der Waals surface area contributed by atoms with E-state index in [0.29, 0.717) is 10.8 Å². The van der Waals surface area contributed by atoms with E-state index >= 15 is 0 Å². The standard InChI is InChI=1S/C14H21ClN2O2/c1-3-5-10(2)17-14(18)9-19-13-7-4-6-12(15)11(13)8-16/h4,6-7,10H,3,5,8-9,16H2,1-2H3,(H,17,18). The van der Waals surface area contributed by atoms with Crippen LogP contribution in [0.1, 0.15) is 32.3 Å². The lowest BCUT2D eigenvalue weighted by Crippen LogP contribution is -2.36. The largest absolute Gasteiger partial charge is 0.483 e. The molecule has 0 radical (unpaired) electrons. The Hall–Kier alpha value is -1.26. The number of hydrogen-bond donors (Lipinski definition) is 2. The SMILES string of the molecule is CCCC(C)NC(=O)COc1cccc(Cl)c1CN. The van der Waals surface area contributed by atoms with E-state index in [1.165, 1.54) is 0 Å². The number of benzene rings is 1. The molecule has 106 valence electrons. The molecule has 1 amide bonds. The van der Waals surface area contributed by atoms with Gasteiger partial charge in [-0.2, -0.15) is 0 Å². The Bertz CT molecular complexity index is 424. The zero-order valence-corrected chi connectivity index (χ0v) is 12.2. The molecule has 0 saturated heterocycles. The Labute approximate surface area is 119 Å². The third-order valence-corrected chi connectivity index (χ3v) is 3.12. The molecule has 0 aliphatic heterocycles. The molecule has 0 aliphatic carbocycles. The first-order chi connectivity index (χ1) is 9.08. The van der Waals surface area contributed by atoms with Crippen molar-refractivity contribution in [2.75, 3.05) is 6.61 Å². The van der Waals surface area contributed by atoms with Gasteiger partial charge >= 0.3 is 0 Å². The molecule has 1 aromatic carbocycles. The van der Waals surface area contributed by atoms with Crippen LogP contribution in [0.3, 0.4) is 0 Å². The maximum Gasteiger partial charge on any atom is 0.258 e. The molecular formula is C14H21ClN2O2. The summed E-state index contributed by atoms with van der Waals surface area (Å²) in [5.74, 6) is 0.428. The average Bonchev–Trinajstić information content (AvgIpc) is 2.36. The van der Waals surface area contributed by atoms with Crippen LogP contribution < -0.4 is 15.8 Å². The number of amides is 1. The van der Waals surface area contributed by atoms with E-state index in [0.717, 1.165) is 18.4 Å². The Kier molecular flexibility index (Phi) is 6.67. The van der Waals surface area contributed by atoms with E-state index in [-0.39, 0.29) is 25.1 Å². The summed E-state index contributed by atoms with van der Waals surface area (Å²) in [6, 6.07) is 5.44. The number of nitrogens with two attached hydrogens (primary N) is 1. The van der Waals surface area contributed by atoms with Crippen molar-refractivity contribution in [1.82, 2.24) is 5.32 Å². The van der Waals surface area contributed by atoms with Crippen LogP contribution in [0, 0.1) is 0 Å². The highest BCUT2D eigenvalue weighted by molar-refractivity contribution is 6.31. The molecule has 1 rings (SSSR count). The van der Waals surface area contributed by atoms with Gasteiger partial charge in [0.05, 0.1) is 0 Å². The van der Waals surface area contributed by atoms with Crippen LogP contribution in [0.2, 0.25) is 5.02 Å². The maximum absolute atomic E-state index is 11.7. The average molecular weight is 285 g/mol. The number of rotatable bonds is 7. The molecule has 0 spiro atoms. The smallest absolute Gasteiger partial charge is 0.258 e. The van der Waals surface area contributed by atoms with Crippen LogP contribution in [0.25, 0.3) is 0 Å². The molecule has 0 fully saturated rings. The summed E-state index contributed by atoms with van der Waals surface area (Å²) in [4.78, 5) is 11.7. The second-order valence-electron chi connectivity index (χ2n) is 4.47. The van der Waals surface area contributed by atoms with Crippen LogP contribution >= 0.6 is 11.6 Å². The lowest BCUT2D eigenvalue weighted by Gasteiger charge is -2.14. The fourth-order valence-electron chi connectivity index (χ4n) is 1.84. The summed E-state index contributed by atoms with van der Waals surface area (Å²) in [6.07, 6.45) is 1.99. The number of hydrogen-bond acceptors (Lipinski definition) is 3. The van der Waals surface area contributed by atoms with E-state index in [4.69, 9.17) is 22.1 Å². The number of nitrogens with one attached hydrogen (secondary N) is 1. The first kappa shape index (κ1) is 15.8. The highest BCUT2D eigenvalue weighted by atomic mass is 35.5. The van der Waals surface area contributed by atoms with Gasteiger partial charge in [0.1, 0.15) is 5.75 Å². The summed E-state index contributed by atoms with van der Waals surface area (Å²) >= 11 is 6.01. The minimum atomic E-state index is -0.135. The molecular weight excluding hydrogens is 264 g/mol. The van der Waals surface area contributed by atoms with Crippen LogP contribution in [0.4, 0.5) is 0 Å². The molecule has 0 saturated carbocycles. The molecule has 0 heterocycles. The highest BCUT2D eigenvalue weighted by Crippen LogP contribution is 2.25. The molecule has 0 aliphatic rings. The van der Waals surface area contributed by atoms with Crippen molar-refractivity contribution in [3.8, 4) is 5.75 Å². The molecule has 1 atom stereocenters. The summed E-state index contributed by atoms with van der Waals surface area (Å²) < 4.78 is 5.47. The van der Waals surface area contributed by atoms with Gasteiger partial charge in [0.15, 0.2) is 6.61 Å². The monoisotopic (exact) mass is 284 g/mol. The van der Waals surface area contributed by atoms with Crippen molar-refractivity contribution in [3.05, 3.63) is 28.8 Å². The van der Waals surface area contributed by atoms with Gasteiger partial charge in [0, 0.05) is 23.2 Å². The minimum Gasteiger partial charge on any atom is -0.483 e. The van der Waals surface area contributed by atoms with Crippen molar-refractivity contribution >= 4 is 17.5 Å². The van der Waals surface area contributed by atoms with Crippen molar-refractivity contribution in [2.24, 2.45) is 5.73 Å². The number of halogens is 1. The van der Waals surface area contributed by atoms with Crippen molar-refractivity contribution in [3.63, 3.8) is 0 Å². The molecule has 1 unspecified atom stereocenters. The predicted molar refractivity (Wildman–Crippen MR) is 77.4 cm³/mol. The van der Waals surface area contributed by atoms with Crippen molar-refractivity contribution in [2.45, 2.75) is 39.3 Å². The van der Waals surface area contributed by atoms with Gasteiger partial charge in [-0.25, -0.2) is 0 Å². The number of carbonyl (C=O) groups is 1. The molecule has 5 heteroatoms. The summed E-state index contributed by atoms with van der Waals surface area (Å²) in [5, 5.41) is 3.43. The van der Waals surface area contributed by atoms with Gasteiger partial charge in [-0.3, -0.25) is 4.79 Å². The van der Waals surface area contributed by atoms with Crippen molar-refractivity contribution < 1.29 is 9.53 Å². The lowest BCUT2D eigenvalue weighted by molar-refractivity contribution is -0.123. The Morgan fingerprint density at radius 2 is 2.26 bits per heavy atom. The van der Waals surface area contributed by atoms with E-state index in [1.54, 1.807) is 18.2 Å². The zero-order chi connectivity index (χ0) is 14.3. The quantitative estimate of drug-likeness (QED) is 0.808. The molecule has 0 aromatic heterocycles. The molecule has 0 bridgehead atoms. The van der Waals surface area contributed by atoms with Gasteiger partial charge < -0.3 is 15.8 Å². The van der Waals surface area contributed by atoms with Gasteiger partial charge in [-0.05, 0) is 25.5 Å². The molecule has 19 heavy (non-hydrogen) atoms. The summed E-state index contributed by atoms with van der Waals surface area (Å²) in [7, 11) is 0. The fourth-order valence-corrected chi connectivity index (χ4v) is 2.08. The second kappa shape index (κ2) is 8.02. The van der Waals surface area contributed by atoms with Gasteiger partial charge in [-0.1, -0.05) is 31.0 Å². The highest BCUT2D eigenvalue weighted by Gasteiger charge is 2.10. The predicted octanol–water partition coefficient (Wildman–Crippen LogP) is 2.48. The van der Waals surface area contributed by atoms with Crippen LogP contribution in [0.15, 0.2) is 18.2 Å². The summed E-state index contributed by atoms with van der Waals surface area (Å²) in [6.45, 7) is 4.31. The topological polar surface area (TPSA) is 64.3 Å². The van der Waals surface area contributed by atoms with Gasteiger partial charge in [0.25, 0.3) is 5.91 Å². The zero-order valence-electron chi connectivity index (χ0n) is 11.4. The third-order valence-electron chi connectivity index (χ3n) is 2.77. The Morgan fingerprint density at radius 3 is 2.89 bits per heavy atom. The minimum absolute atomic E-state index is 0.0264. The first-order valence-electron chi connectivity index (χ1n) is 6.48. The fraction of sp³-hybridized carbons (Fsp3) is 0.500. The van der Waals surface area contributed by atoms with Gasteiger partial charge in [0.2, 0.25) is 0 Å². The Morgan fingerprint density at radius 1 is 1.53 bits per heavy atom. The van der Waals surface area contributed by atoms with Crippen LogP contribution in [0.5, 0.6) is 5.75 Å². The second-order valence-corrected chi connectivity index (χ2v) is 4.87. The number of carbonyl (C=O) groups excluding carboxylic acids is 1. The summed E-state index contributed by atoms with van der Waals surface area (Å²) in [5.41, 5.74) is 6.33. The molecule has 4 nitrogen and oxygen atoms in total. The molecule has 3 N–H and O–H groups in total. The Balaban J connectivity index is 2.53. The third kappa shape index (κ3) is 5.09. The normalized spacial score (nSPS) is 12.0. The van der Waals surface area contributed by atoms with Crippen molar-refractivity contribution in [1.29, 1.82) is 0 Å². The molecule has 1 aromatic rings. The maximum atomic E-state index is 11.7. The van der Waals surface area contributed by atoms with E-state index in [9.17, 15) is 4.79 Å². The first-order valence-corrected chi connectivity index (χ1v) is 6.85. The van der Waals surface area contributed by atoms with Gasteiger partial charge in [-0.15, -0.1) is 0 Å². The van der Waals surface area contributed by atoms with Crippen LogP contribution in [-0.4, -0.2) is 18.6 Å². The van der Waals surface area contributed by atoms with Crippen LogP contribution in [-0.2, 0) is 11.3 Å². The number of ether oxygens (including phenoxy) is 1. The lowest BCUT2D eigenvalue weighted by atomic mass is 10.2. The van der Waals surface area contributed by atoms with E-state index in [1.807, 2.05) is 6.92 Å².